The van der Waals surface area contributed by atoms with Crippen LogP contribution in [0.1, 0.15) is 25.2 Å². The molecule has 4 nitrogen and oxygen atoms in total. The Bertz CT molecular complexity index is 1100. The number of hydrogen-bond acceptors (Lipinski definition) is 4. The highest BCUT2D eigenvalue weighted by Gasteiger charge is 2.77. The number of halogens is 10. The van der Waals surface area contributed by atoms with Crippen LogP contribution in [0.2, 0.25) is 0 Å². The highest BCUT2D eigenvalue weighted by molar-refractivity contribution is 5.81. The first-order valence-corrected chi connectivity index (χ1v) is 10.2. The highest BCUT2D eigenvalue weighted by Crippen LogP contribution is 2.47. The van der Waals surface area contributed by atoms with E-state index in [4.69, 9.17) is 9.47 Å². The third-order valence-corrected chi connectivity index (χ3v) is 5.31. The first-order valence-electron chi connectivity index (χ1n) is 10.2. The van der Waals surface area contributed by atoms with Gasteiger partial charge < -0.3 is 14.2 Å². The van der Waals surface area contributed by atoms with Gasteiger partial charge in [-0.2, -0.15) is 30.7 Å². The zero-order chi connectivity index (χ0) is 27.1. The summed E-state index contributed by atoms with van der Waals surface area (Å²) in [7, 11) is 0. The van der Waals surface area contributed by atoms with Crippen molar-refractivity contribution in [2.24, 2.45) is 5.92 Å². The molecule has 0 bridgehead atoms. The van der Waals surface area contributed by atoms with Gasteiger partial charge in [0.2, 0.25) is 0 Å². The SMILES string of the molecule is CCC1COC(c2cc(F)c(-c3ccc(OC(=O)C(F)(F)C(F)(F)C(F)(F)F)c(F)c3)c(F)c2)OC1. The zero-order valence-electron chi connectivity index (χ0n) is 18.1. The minimum Gasteiger partial charge on any atom is -0.419 e. The molecule has 1 heterocycles. The highest BCUT2D eigenvalue weighted by atomic mass is 19.4. The summed E-state index contributed by atoms with van der Waals surface area (Å²) >= 11 is 0. The third kappa shape index (κ3) is 5.14. The van der Waals surface area contributed by atoms with E-state index in [9.17, 15) is 48.7 Å². The molecule has 36 heavy (non-hydrogen) atoms. The fraction of sp³-hybridized carbons (Fsp3) is 0.409. The van der Waals surface area contributed by atoms with Crippen molar-refractivity contribution in [3.63, 3.8) is 0 Å². The van der Waals surface area contributed by atoms with Crippen LogP contribution < -0.4 is 4.74 Å². The van der Waals surface area contributed by atoms with Gasteiger partial charge in [0, 0.05) is 11.5 Å². The average molecular weight is 534 g/mol. The molecule has 1 fully saturated rings. The fourth-order valence-electron chi connectivity index (χ4n) is 3.19. The maximum atomic E-state index is 14.7. The van der Waals surface area contributed by atoms with Crippen molar-refractivity contribution >= 4 is 5.97 Å². The van der Waals surface area contributed by atoms with E-state index in [1.807, 2.05) is 6.92 Å². The van der Waals surface area contributed by atoms with Crippen LogP contribution >= 0.6 is 0 Å². The van der Waals surface area contributed by atoms with E-state index in [0.717, 1.165) is 18.6 Å². The molecule has 1 saturated heterocycles. The molecule has 0 aromatic heterocycles. The molecule has 1 aliphatic rings. The van der Waals surface area contributed by atoms with Gasteiger partial charge in [0.05, 0.1) is 18.8 Å². The molecule has 2 aromatic carbocycles. The second kappa shape index (κ2) is 9.88. The number of alkyl halides is 7. The van der Waals surface area contributed by atoms with Crippen LogP contribution in [0.5, 0.6) is 5.75 Å². The van der Waals surface area contributed by atoms with E-state index >= 15 is 0 Å². The Morgan fingerprint density at radius 2 is 1.47 bits per heavy atom. The first-order chi connectivity index (χ1) is 16.6. The topological polar surface area (TPSA) is 44.8 Å². The van der Waals surface area contributed by atoms with Crippen molar-refractivity contribution in [1.29, 1.82) is 0 Å². The Hall–Kier alpha value is -2.87. The van der Waals surface area contributed by atoms with Crippen molar-refractivity contribution in [1.82, 2.24) is 0 Å². The van der Waals surface area contributed by atoms with Gasteiger partial charge in [0.25, 0.3) is 0 Å². The predicted molar refractivity (Wildman–Crippen MR) is 102 cm³/mol. The summed E-state index contributed by atoms with van der Waals surface area (Å²) in [6.07, 6.45) is -7.13. The van der Waals surface area contributed by atoms with Gasteiger partial charge in [0.1, 0.15) is 11.6 Å². The van der Waals surface area contributed by atoms with Crippen LogP contribution in [0, 0.1) is 23.4 Å². The molecule has 198 valence electrons. The lowest BCUT2D eigenvalue weighted by Crippen LogP contribution is -2.57. The molecule has 0 atom stereocenters. The monoisotopic (exact) mass is 534 g/mol. The van der Waals surface area contributed by atoms with E-state index in [1.165, 1.54) is 0 Å². The summed E-state index contributed by atoms with van der Waals surface area (Å²) in [5, 5.41) is 0. The summed E-state index contributed by atoms with van der Waals surface area (Å²) in [5.74, 6) is -22.2. The van der Waals surface area contributed by atoms with Crippen molar-refractivity contribution < 1.29 is 62.9 Å². The van der Waals surface area contributed by atoms with Crippen LogP contribution in [0.3, 0.4) is 0 Å². The van der Waals surface area contributed by atoms with Crippen LogP contribution in [-0.4, -0.2) is 37.2 Å². The van der Waals surface area contributed by atoms with Crippen molar-refractivity contribution in [2.75, 3.05) is 13.2 Å². The van der Waals surface area contributed by atoms with Gasteiger partial charge in [0.15, 0.2) is 17.9 Å². The van der Waals surface area contributed by atoms with Crippen LogP contribution in [-0.2, 0) is 14.3 Å². The van der Waals surface area contributed by atoms with Gasteiger partial charge in [-0.15, -0.1) is 0 Å². The molecule has 3 rings (SSSR count). The van der Waals surface area contributed by atoms with Gasteiger partial charge in [-0.05, 0) is 36.2 Å². The largest absolute Gasteiger partial charge is 0.460 e. The number of esters is 1. The second-order valence-electron chi connectivity index (χ2n) is 7.81. The molecule has 1 aliphatic heterocycles. The van der Waals surface area contributed by atoms with E-state index in [-0.39, 0.29) is 24.7 Å². The lowest BCUT2D eigenvalue weighted by atomic mass is 10.0. The maximum absolute atomic E-state index is 14.7. The van der Waals surface area contributed by atoms with Gasteiger partial charge in [-0.25, -0.2) is 18.0 Å². The van der Waals surface area contributed by atoms with E-state index in [0.29, 0.717) is 18.2 Å². The number of ether oxygens (including phenoxy) is 3. The van der Waals surface area contributed by atoms with E-state index in [1.54, 1.807) is 0 Å². The molecule has 14 heteroatoms. The van der Waals surface area contributed by atoms with Crippen molar-refractivity contribution in [3.05, 3.63) is 53.3 Å². The molecule has 0 unspecified atom stereocenters. The van der Waals surface area contributed by atoms with Gasteiger partial charge in [-0.3, -0.25) is 0 Å². The normalized spacial score (nSPS) is 19.3. The standard InChI is InChI=1S/C22H16F10O4/c1-2-10-8-34-18(35-9-10)12-6-14(24)17(15(25)7-12)11-3-4-16(13(23)5-11)36-19(33)20(26,27)21(28,29)22(30,31)32/h3-7,10,18H,2,8-9H2,1H3. The first kappa shape index (κ1) is 27.7. The Morgan fingerprint density at radius 3 is 1.94 bits per heavy atom. The van der Waals surface area contributed by atoms with Crippen LogP contribution in [0.25, 0.3) is 11.1 Å². The van der Waals surface area contributed by atoms with Crippen LogP contribution in [0.4, 0.5) is 43.9 Å². The lowest BCUT2D eigenvalue weighted by molar-refractivity contribution is -0.346. The van der Waals surface area contributed by atoms with E-state index < -0.39 is 64.6 Å². The Balaban J connectivity index is 1.83. The molecule has 0 aliphatic carbocycles. The summed E-state index contributed by atoms with van der Waals surface area (Å²) in [4.78, 5) is 11.3. The quantitative estimate of drug-likeness (QED) is 0.239. The molecular weight excluding hydrogens is 518 g/mol. The molecular formula is C22H16F10O4. The molecule has 0 amide bonds. The number of benzene rings is 2. The zero-order valence-corrected chi connectivity index (χ0v) is 18.1. The number of carbonyl (C=O) groups excluding carboxylic acids is 1. The second-order valence-corrected chi connectivity index (χ2v) is 7.81. The van der Waals surface area contributed by atoms with Crippen LogP contribution in [0.15, 0.2) is 30.3 Å². The predicted octanol–water partition coefficient (Wildman–Crippen LogP) is 6.58. The van der Waals surface area contributed by atoms with Gasteiger partial charge in [-0.1, -0.05) is 13.0 Å². The Kier molecular flexibility index (Phi) is 7.61. The van der Waals surface area contributed by atoms with E-state index in [2.05, 4.69) is 4.74 Å². The number of rotatable bonds is 6. The van der Waals surface area contributed by atoms with Crippen molar-refractivity contribution in [2.45, 2.75) is 37.7 Å². The number of carbonyl (C=O) groups is 1. The third-order valence-electron chi connectivity index (χ3n) is 5.31. The summed E-state index contributed by atoms with van der Waals surface area (Å²) in [6, 6.07) is 3.03. The number of hydrogen-bond donors (Lipinski definition) is 0. The summed E-state index contributed by atoms with van der Waals surface area (Å²) in [5.41, 5.74) is -1.35. The smallest absolute Gasteiger partial charge is 0.419 e. The Labute approximate surface area is 196 Å². The minimum absolute atomic E-state index is 0.0258. The minimum atomic E-state index is -6.81. The average Bonchev–Trinajstić information content (AvgIpc) is 2.79. The molecule has 0 spiro atoms. The lowest BCUT2D eigenvalue weighted by Gasteiger charge is -2.29. The molecule has 0 saturated carbocycles. The molecule has 0 N–H and O–H groups in total. The maximum Gasteiger partial charge on any atom is 0.460 e. The fourth-order valence-corrected chi connectivity index (χ4v) is 3.19. The molecule has 2 aromatic rings. The summed E-state index contributed by atoms with van der Waals surface area (Å²) in [6.45, 7) is 2.47. The summed E-state index contributed by atoms with van der Waals surface area (Å²) < 4.78 is 148. The Morgan fingerprint density at radius 1 is 0.917 bits per heavy atom. The molecule has 0 radical (unpaired) electrons. The van der Waals surface area contributed by atoms with Crippen molar-refractivity contribution in [3.8, 4) is 16.9 Å². The van der Waals surface area contributed by atoms with Gasteiger partial charge >= 0.3 is 24.0 Å².